The zero-order chi connectivity index (χ0) is 13.9. The zero-order valence-corrected chi connectivity index (χ0v) is 11.6. The molecule has 0 saturated heterocycles. The summed E-state index contributed by atoms with van der Waals surface area (Å²) in [6.45, 7) is 0.833. The molecule has 3 aromatic rings. The molecule has 0 radical (unpaired) electrons. The highest BCUT2D eigenvalue weighted by Gasteiger charge is 2.12. The van der Waals surface area contributed by atoms with Crippen LogP contribution in [0.2, 0.25) is 0 Å². The van der Waals surface area contributed by atoms with Gasteiger partial charge >= 0.3 is 0 Å². The number of nitrogens with zero attached hydrogens (tertiary/aromatic N) is 6. The molecule has 0 saturated carbocycles. The van der Waals surface area contributed by atoms with Crippen molar-refractivity contribution in [3.05, 3.63) is 42.7 Å². The Morgan fingerprint density at radius 3 is 2.85 bits per heavy atom. The van der Waals surface area contributed by atoms with Gasteiger partial charge in [-0.25, -0.2) is 15.0 Å². The molecule has 3 rings (SSSR count). The van der Waals surface area contributed by atoms with Crippen molar-refractivity contribution in [2.24, 2.45) is 7.05 Å². The summed E-state index contributed by atoms with van der Waals surface area (Å²) in [6, 6.07) is 5.96. The molecule has 0 atom stereocenters. The number of hydrogen-bond acceptors (Lipinski definition) is 5. The molecule has 6 heteroatoms. The van der Waals surface area contributed by atoms with Gasteiger partial charge in [0.15, 0.2) is 17.0 Å². The molecule has 0 spiro atoms. The van der Waals surface area contributed by atoms with Gasteiger partial charge in [-0.2, -0.15) is 0 Å². The second kappa shape index (κ2) is 5.24. The van der Waals surface area contributed by atoms with E-state index in [0.29, 0.717) is 0 Å². The van der Waals surface area contributed by atoms with Gasteiger partial charge in [0.25, 0.3) is 0 Å². The Labute approximate surface area is 117 Å². The molecule has 0 N–H and O–H groups in total. The standard InChI is InChI=1S/C14H16N6/c1-19(8-6-11-5-3-4-7-15-11)13-12-14(17-9-16-13)20(2)10-18-12/h3-5,7,9-10H,6,8H2,1-2H3. The molecule has 0 fully saturated rings. The van der Waals surface area contributed by atoms with E-state index in [1.165, 1.54) is 0 Å². The van der Waals surface area contributed by atoms with Crippen LogP contribution in [-0.4, -0.2) is 38.1 Å². The number of imidazole rings is 1. The Balaban J connectivity index is 1.80. The Kier molecular flexibility index (Phi) is 3.28. The first kappa shape index (κ1) is 12.5. The smallest absolute Gasteiger partial charge is 0.165 e. The van der Waals surface area contributed by atoms with E-state index < -0.39 is 0 Å². The van der Waals surface area contributed by atoms with Crippen molar-refractivity contribution in [1.82, 2.24) is 24.5 Å². The lowest BCUT2D eigenvalue weighted by Gasteiger charge is -2.17. The monoisotopic (exact) mass is 268 g/mol. The maximum Gasteiger partial charge on any atom is 0.165 e. The molecule has 3 aromatic heterocycles. The molecule has 102 valence electrons. The molecule has 0 aliphatic rings. The van der Waals surface area contributed by atoms with Crippen molar-refractivity contribution in [1.29, 1.82) is 0 Å². The van der Waals surface area contributed by atoms with Gasteiger partial charge in [-0.15, -0.1) is 0 Å². The Morgan fingerprint density at radius 2 is 2.05 bits per heavy atom. The molecule has 0 amide bonds. The average Bonchev–Trinajstić information content (AvgIpc) is 2.87. The molecule has 0 bridgehead atoms. The fraction of sp³-hybridized carbons (Fsp3) is 0.286. The second-order valence-electron chi connectivity index (χ2n) is 4.72. The minimum absolute atomic E-state index is 0.832. The summed E-state index contributed by atoms with van der Waals surface area (Å²) in [6.07, 6.45) is 6.03. The summed E-state index contributed by atoms with van der Waals surface area (Å²) in [7, 11) is 3.94. The van der Waals surface area contributed by atoms with Crippen LogP contribution >= 0.6 is 0 Å². The van der Waals surface area contributed by atoms with Crippen LogP contribution in [0.25, 0.3) is 11.2 Å². The predicted octanol–water partition coefficient (Wildman–Crippen LogP) is 1.44. The van der Waals surface area contributed by atoms with Crippen molar-refractivity contribution >= 4 is 17.0 Å². The van der Waals surface area contributed by atoms with Gasteiger partial charge in [0.05, 0.1) is 6.33 Å². The zero-order valence-electron chi connectivity index (χ0n) is 11.6. The maximum atomic E-state index is 4.37. The van der Waals surface area contributed by atoms with Gasteiger partial charge in [-0.05, 0) is 12.1 Å². The Hall–Kier alpha value is -2.50. The lowest BCUT2D eigenvalue weighted by Crippen LogP contribution is -2.22. The predicted molar refractivity (Wildman–Crippen MR) is 77.5 cm³/mol. The van der Waals surface area contributed by atoms with E-state index in [9.17, 15) is 0 Å². The van der Waals surface area contributed by atoms with Gasteiger partial charge < -0.3 is 9.47 Å². The number of likely N-dealkylation sites (N-methyl/N-ethyl adjacent to an activating group) is 1. The average molecular weight is 268 g/mol. The second-order valence-corrected chi connectivity index (χ2v) is 4.72. The molecule has 0 aliphatic carbocycles. The number of rotatable bonds is 4. The first-order valence-electron chi connectivity index (χ1n) is 6.49. The quantitative estimate of drug-likeness (QED) is 0.716. The molecule has 0 aromatic carbocycles. The summed E-state index contributed by atoms with van der Waals surface area (Å²) >= 11 is 0. The van der Waals surface area contributed by atoms with E-state index in [0.717, 1.165) is 35.6 Å². The molecule has 20 heavy (non-hydrogen) atoms. The fourth-order valence-electron chi connectivity index (χ4n) is 2.15. The van der Waals surface area contributed by atoms with E-state index in [4.69, 9.17) is 0 Å². The van der Waals surface area contributed by atoms with Crippen LogP contribution in [0.3, 0.4) is 0 Å². The van der Waals surface area contributed by atoms with Crippen LogP contribution in [0, 0.1) is 0 Å². The number of pyridine rings is 1. The molecular weight excluding hydrogens is 252 g/mol. The summed E-state index contributed by atoms with van der Waals surface area (Å²) in [4.78, 5) is 19.4. The van der Waals surface area contributed by atoms with E-state index in [1.807, 2.05) is 43.1 Å². The summed E-state index contributed by atoms with van der Waals surface area (Å²) in [5.41, 5.74) is 2.75. The summed E-state index contributed by atoms with van der Waals surface area (Å²) in [5.74, 6) is 0.853. The van der Waals surface area contributed by atoms with E-state index >= 15 is 0 Å². The molecule has 3 heterocycles. The third-order valence-corrected chi connectivity index (χ3v) is 3.27. The normalized spacial score (nSPS) is 10.9. The van der Waals surface area contributed by atoms with Crippen LogP contribution < -0.4 is 4.90 Å². The molecular formula is C14H16N6. The summed E-state index contributed by atoms with van der Waals surface area (Å²) in [5, 5.41) is 0. The van der Waals surface area contributed by atoms with Gasteiger partial charge in [0.1, 0.15) is 6.33 Å². The SMILES string of the molecule is CN(CCc1ccccn1)c1ncnc2c1ncn2C. The lowest BCUT2D eigenvalue weighted by molar-refractivity contribution is 0.839. The van der Waals surface area contributed by atoms with Crippen LogP contribution in [-0.2, 0) is 13.5 Å². The topological polar surface area (TPSA) is 59.7 Å². The van der Waals surface area contributed by atoms with Crippen molar-refractivity contribution in [2.45, 2.75) is 6.42 Å². The summed E-state index contributed by atoms with van der Waals surface area (Å²) < 4.78 is 1.90. The minimum atomic E-state index is 0.832. The number of aromatic nitrogens is 5. The highest BCUT2D eigenvalue weighted by Crippen LogP contribution is 2.19. The maximum absolute atomic E-state index is 4.37. The number of aryl methyl sites for hydroxylation is 1. The fourth-order valence-corrected chi connectivity index (χ4v) is 2.15. The minimum Gasteiger partial charge on any atom is -0.357 e. The van der Waals surface area contributed by atoms with Crippen LogP contribution in [0.4, 0.5) is 5.82 Å². The third kappa shape index (κ3) is 2.32. The van der Waals surface area contributed by atoms with Crippen LogP contribution in [0.1, 0.15) is 5.69 Å². The first-order chi connectivity index (χ1) is 9.75. The van der Waals surface area contributed by atoms with E-state index in [2.05, 4.69) is 24.8 Å². The van der Waals surface area contributed by atoms with Crippen molar-refractivity contribution in [3.8, 4) is 0 Å². The molecule has 0 aliphatic heterocycles. The first-order valence-corrected chi connectivity index (χ1v) is 6.49. The van der Waals surface area contributed by atoms with Crippen LogP contribution in [0.15, 0.2) is 37.1 Å². The van der Waals surface area contributed by atoms with Crippen molar-refractivity contribution in [2.75, 3.05) is 18.5 Å². The Bertz CT molecular complexity index is 706. The molecule has 0 unspecified atom stereocenters. The Morgan fingerprint density at radius 1 is 1.15 bits per heavy atom. The van der Waals surface area contributed by atoms with Gasteiger partial charge in [0, 0.05) is 39.0 Å². The largest absolute Gasteiger partial charge is 0.357 e. The van der Waals surface area contributed by atoms with Crippen molar-refractivity contribution < 1.29 is 0 Å². The highest BCUT2D eigenvalue weighted by molar-refractivity contribution is 5.83. The van der Waals surface area contributed by atoms with Gasteiger partial charge in [-0.3, -0.25) is 4.98 Å². The highest BCUT2D eigenvalue weighted by atomic mass is 15.2. The number of hydrogen-bond donors (Lipinski definition) is 0. The third-order valence-electron chi connectivity index (χ3n) is 3.27. The number of anilines is 1. The number of fused-ring (bicyclic) bond motifs is 1. The van der Waals surface area contributed by atoms with Crippen LogP contribution in [0.5, 0.6) is 0 Å². The van der Waals surface area contributed by atoms with E-state index in [1.54, 1.807) is 12.7 Å². The van der Waals surface area contributed by atoms with Crippen molar-refractivity contribution in [3.63, 3.8) is 0 Å². The molecule has 6 nitrogen and oxygen atoms in total. The van der Waals surface area contributed by atoms with E-state index in [-0.39, 0.29) is 0 Å². The lowest BCUT2D eigenvalue weighted by atomic mass is 10.2. The van der Waals surface area contributed by atoms with Gasteiger partial charge in [-0.1, -0.05) is 6.07 Å². The van der Waals surface area contributed by atoms with Gasteiger partial charge in [0.2, 0.25) is 0 Å².